The Labute approximate surface area is 173 Å². The largest absolute Gasteiger partial charge is 0.504 e. The van der Waals surface area contributed by atoms with Crippen LogP contribution in [0.15, 0.2) is 71.5 Å². The molecule has 4 rings (SSSR count). The van der Waals surface area contributed by atoms with Crippen molar-refractivity contribution in [1.82, 2.24) is 9.66 Å². The van der Waals surface area contributed by atoms with Gasteiger partial charge >= 0.3 is 0 Å². The molecular weight excluding hydrogens is 382 g/mol. The Morgan fingerprint density at radius 3 is 2.47 bits per heavy atom. The number of aromatic hydroxyl groups is 1. The maximum Gasteiger partial charge on any atom is 0.280 e. The molecule has 30 heavy (non-hydrogen) atoms. The van der Waals surface area contributed by atoms with Crippen molar-refractivity contribution in [3.8, 4) is 28.6 Å². The van der Waals surface area contributed by atoms with Crippen LogP contribution >= 0.6 is 0 Å². The fourth-order valence-electron chi connectivity index (χ4n) is 3.25. The van der Waals surface area contributed by atoms with Crippen molar-refractivity contribution in [2.75, 3.05) is 19.6 Å². The second-order valence-corrected chi connectivity index (χ2v) is 6.62. The summed E-state index contributed by atoms with van der Waals surface area (Å²) in [6.45, 7) is 0.201. The van der Waals surface area contributed by atoms with E-state index in [9.17, 15) is 9.90 Å². The van der Waals surface area contributed by atoms with Gasteiger partial charge in [-0.15, -0.1) is 0 Å². The zero-order valence-electron chi connectivity index (χ0n) is 16.6. The lowest BCUT2D eigenvalue weighted by Gasteiger charge is -2.17. The van der Waals surface area contributed by atoms with Crippen molar-refractivity contribution in [3.05, 3.63) is 82.6 Å². The molecule has 0 bridgehead atoms. The first-order valence-electron chi connectivity index (χ1n) is 9.37. The first kappa shape index (κ1) is 19.3. The molecule has 0 aliphatic rings. The SMILES string of the molecule is COc1ccc(-c2nc3ccccc3c(=O)n2NCc2cccc(OC)c2O)cc1. The van der Waals surface area contributed by atoms with Crippen LogP contribution in [0.2, 0.25) is 0 Å². The second-order valence-electron chi connectivity index (χ2n) is 6.62. The van der Waals surface area contributed by atoms with Gasteiger partial charge in [0.25, 0.3) is 5.56 Å². The Balaban J connectivity index is 1.81. The summed E-state index contributed by atoms with van der Waals surface area (Å²) < 4.78 is 11.8. The van der Waals surface area contributed by atoms with Gasteiger partial charge in [0.2, 0.25) is 0 Å². The summed E-state index contributed by atoms with van der Waals surface area (Å²) in [5.74, 6) is 1.57. The number of methoxy groups -OCH3 is 2. The van der Waals surface area contributed by atoms with Gasteiger partial charge in [-0.25, -0.2) is 9.66 Å². The maximum absolute atomic E-state index is 13.2. The van der Waals surface area contributed by atoms with E-state index in [0.717, 1.165) is 5.56 Å². The third-order valence-corrected chi connectivity index (χ3v) is 4.85. The van der Waals surface area contributed by atoms with Gasteiger partial charge in [0.15, 0.2) is 17.3 Å². The summed E-state index contributed by atoms with van der Waals surface area (Å²) >= 11 is 0. The number of hydrogen-bond acceptors (Lipinski definition) is 6. The van der Waals surface area contributed by atoms with Gasteiger partial charge in [0.05, 0.1) is 31.7 Å². The molecule has 0 aliphatic carbocycles. The van der Waals surface area contributed by atoms with Crippen LogP contribution in [0.25, 0.3) is 22.3 Å². The monoisotopic (exact) mass is 403 g/mol. The summed E-state index contributed by atoms with van der Waals surface area (Å²) in [6, 6.07) is 19.7. The molecule has 1 aromatic heterocycles. The van der Waals surface area contributed by atoms with Crippen LogP contribution in [0.3, 0.4) is 0 Å². The van der Waals surface area contributed by atoms with Gasteiger partial charge in [0, 0.05) is 11.1 Å². The number of rotatable bonds is 6. The van der Waals surface area contributed by atoms with E-state index in [1.54, 1.807) is 37.4 Å². The van der Waals surface area contributed by atoms with Crippen molar-refractivity contribution >= 4 is 10.9 Å². The summed E-state index contributed by atoms with van der Waals surface area (Å²) in [5.41, 5.74) is 4.83. The Hall–Kier alpha value is -4.00. The standard InChI is InChI=1S/C23H21N3O4/c1-29-17-12-10-15(11-13-17)22-25-19-8-4-3-7-18(19)23(28)26(22)24-14-16-6-5-9-20(30-2)21(16)27/h3-13,24,27H,14H2,1-2H3. The van der Waals surface area contributed by atoms with Gasteiger partial charge in [-0.05, 0) is 42.5 Å². The Kier molecular flexibility index (Phi) is 5.26. The molecule has 0 saturated heterocycles. The minimum Gasteiger partial charge on any atom is -0.504 e. The lowest BCUT2D eigenvalue weighted by Crippen LogP contribution is -2.31. The van der Waals surface area contributed by atoms with Gasteiger partial charge in [-0.2, -0.15) is 0 Å². The molecule has 0 spiro atoms. The lowest BCUT2D eigenvalue weighted by molar-refractivity contribution is 0.370. The molecule has 0 radical (unpaired) electrons. The Bertz CT molecular complexity index is 1250. The zero-order chi connectivity index (χ0) is 21.1. The number of fused-ring (bicyclic) bond motifs is 1. The van der Waals surface area contributed by atoms with Crippen LogP contribution in [-0.2, 0) is 6.54 Å². The molecule has 1 heterocycles. The van der Waals surface area contributed by atoms with E-state index in [2.05, 4.69) is 5.43 Å². The van der Waals surface area contributed by atoms with E-state index in [1.807, 2.05) is 36.4 Å². The molecule has 0 unspecified atom stereocenters. The van der Waals surface area contributed by atoms with E-state index in [-0.39, 0.29) is 17.9 Å². The normalized spacial score (nSPS) is 10.7. The number of nitrogens with one attached hydrogen (secondary N) is 1. The van der Waals surface area contributed by atoms with Crippen molar-refractivity contribution in [2.45, 2.75) is 6.54 Å². The van der Waals surface area contributed by atoms with Crippen LogP contribution in [0.5, 0.6) is 17.2 Å². The number of ether oxygens (including phenoxy) is 2. The van der Waals surface area contributed by atoms with Crippen molar-refractivity contribution < 1.29 is 14.6 Å². The highest BCUT2D eigenvalue weighted by Gasteiger charge is 2.14. The van der Waals surface area contributed by atoms with Crippen molar-refractivity contribution in [1.29, 1.82) is 0 Å². The molecule has 7 nitrogen and oxygen atoms in total. The molecule has 4 aromatic rings. The number of benzene rings is 3. The maximum atomic E-state index is 13.2. The first-order chi connectivity index (χ1) is 14.6. The molecule has 152 valence electrons. The van der Waals surface area contributed by atoms with Crippen LogP contribution in [0, 0.1) is 0 Å². The van der Waals surface area contributed by atoms with Gasteiger partial charge in [-0.1, -0.05) is 24.3 Å². The summed E-state index contributed by atoms with van der Waals surface area (Å²) in [7, 11) is 3.09. The molecule has 0 fully saturated rings. The second kappa shape index (κ2) is 8.16. The number of aromatic nitrogens is 2. The van der Waals surface area contributed by atoms with E-state index in [1.165, 1.54) is 11.8 Å². The van der Waals surface area contributed by atoms with Crippen LogP contribution in [-0.4, -0.2) is 29.0 Å². The van der Waals surface area contributed by atoms with Crippen LogP contribution in [0.1, 0.15) is 5.56 Å². The molecule has 2 N–H and O–H groups in total. The highest BCUT2D eigenvalue weighted by molar-refractivity contribution is 5.79. The summed E-state index contributed by atoms with van der Waals surface area (Å²) in [4.78, 5) is 17.9. The number of nitrogens with zero attached hydrogens (tertiary/aromatic N) is 2. The fourth-order valence-corrected chi connectivity index (χ4v) is 3.25. The summed E-state index contributed by atoms with van der Waals surface area (Å²) in [6.07, 6.45) is 0. The molecular formula is C23H21N3O4. The Morgan fingerprint density at radius 2 is 1.73 bits per heavy atom. The van der Waals surface area contributed by atoms with Crippen molar-refractivity contribution in [2.24, 2.45) is 0 Å². The predicted octanol–water partition coefficient (Wildman–Crippen LogP) is 3.53. The molecule has 0 atom stereocenters. The van der Waals surface area contributed by atoms with E-state index in [4.69, 9.17) is 14.5 Å². The molecule has 0 aliphatic heterocycles. The van der Waals surface area contributed by atoms with Gasteiger partial charge < -0.3 is 20.0 Å². The fraction of sp³-hybridized carbons (Fsp3) is 0.130. The highest BCUT2D eigenvalue weighted by Crippen LogP contribution is 2.29. The molecule has 0 amide bonds. The van der Waals surface area contributed by atoms with E-state index < -0.39 is 0 Å². The molecule has 7 heteroatoms. The van der Waals surface area contributed by atoms with E-state index >= 15 is 0 Å². The average Bonchev–Trinajstić information content (AvgIpc) is 2.79. The topological polar surface area (TPSA) is 85.6 Å². The van der Waals surface area contributed by atoms with Gasteiger partial charge in [0.1, 0.15) is 5.75 Å². The van der Waals surface area contributed by atoms with E-state index in [0.29, 0.717) is 33.8 Å². The number of para-hydroxylation sites is 2. The van der Waals surface area contributed by atoms with Crippen LogP contribution in [0.4, 0.5) is 0 Å². The number of phenolic OH excluding ortho intramolecular Hbond substituents is 1. The number of phenols is 1. The quantitative estimate of drug-likeness (QED) is 0.512. The van der Waals surface area contributed by atoms with Crippen LogP contribution < -0.4 is 20.5 Å². The smallest absolute Gasteiger partial charge is 0.280 e. The highest BCUT2D eigenvalue weighted by atomic mass is 16.5. The minimum atomic E-state index is -0.228. The number of hydrogen-bond donors (Lipinski definition) is 2. The molecule has 3 aromatic carbocycles. The minimum absolute atomic E-state index is 0.0281. The average molecular weight is 403 g/mol. The van der Waals surface area contributed by atoms with Crippen molar-refractivity contribution in [3.63, 3.8) is 0 Å². The molecule has 0 saturated carbocycles. The Morgan fingerprint density at radius 1 is 0.967 bits per heavy atom. The third-order valence-electron chi connectivity index (χ3n) is 4.85. The van der Waals surface area contributed by atoms with Gasteiger partial charge in [-0.3, -0.25) is 4.79 Å². The predicted molar refractivity (Wildman–Crippen MR) is 116 cm³/mol. The summed E-state index contributed by atoms with van der Waals surface area (Å²) in [5, 5.41) is 10.9. The zero-order valence-corrected chi connectivity index (χ0v) is 16.6. The lowest BCUT2D eigenvalue weighted by atomic mass is 10.1. The third kappa shape index (κ3) is 3.53. The first-order valence-corrected chi connectivity index (χ1v) is 9.37.